The maximum Gasteiger partial charge on any atom is 0.191 e. The average Bonchev–Trinajstić information content (AvgIpc) is 3.01. The molecule has 0 aromatic carbocycles. The number of thiazole rings is 1. The van der Waals surface area contributed by atoms with E-state index in [4.69, 9.17) is 4.98 Å². The largest absolute Gasteiger partial charge is 0.354 e. The maximum atomic E-state index is 4.74. The first kappa shape index (κ1) is 23.0. The number of nitrogens with one attached hydrogen (secondary N) is 2. The van der Waals surface area contributed by atoms with E-state index in [-0.39, 0.29) is 29.4 Å². The molecule has 1 aliphatic rings. The van der Waals surface area contributed by atoms with Gasteiger partial charge in [-0.2, -0.15) is 11.8 Å². The fourth-order valence-electron chi connectivity index (χ4n) is 2.95. The molecule has 1 saturated carbocycles. The van der Waals surface area contributed by atoms with Crippen LogP contribution in [-0.2, 0) is 12.0 Å². The van der Waals surface area contributed by atoms with Crippen molar-refractivity contribution < 1.29 is 0 Å². The normalized spacial score (nSPS) is 21.6. The van der Waals surface area contributed by atoms with Crippen LogP contribution in [0.1, 0.15) is 64.1 Å². The zero-order chi connectivity index (χ0) is 17.6. The van der Waals surface area contributed by atoms with Gasteiger partial charge >= 0.3 is 0 Å². The molecule has 1 heterocycles. The second-order valence-corrected chi connectivity index (χ2v) is 9.91. The van der Waals surface area contributed by atoms with Crippen molar-refractivity contribution in [3.63, 3.8) is 0 Å². The van der Waals surface area contributed by atoms with Crippen LogP contribution in [-0.4, -0.2) is 35.0 Å². The summed E-state index contributed by atoms with van der Waals surface area (Å²) in [6.45, 7) is 9.59. The van der Waals surface area contributed by atoms with Crippen LogP contribution in [0.3, 0.4) is 0 Å². The Hall–Kier alpha value is -0.0200. The zero-order valence-corrected chi connectivity index (χ0v) is 20.1. The van der Waals surface area contributed by atoms with E-state index >= 15 is 0 Å². The first-order valence-corrected chi connectivity index (χ1v) is 10.9. The van der Waals surface area contributed by atoms with Crippen molar-refractivity contribution in [3.05, 3.63) is 16.1 Å². The van der Waals surface area contributed by atoms with Gasteiger partial charge < -0.3 is 10.6 Å². The third-order valence-corrected chi connectivity index (χ3v) is 6.40. The summed E-state index contributed by atoms with van der Waals surface area (Å²) in [4.78, 5) is 9.13. The van der Waals surface area contributed by atoms with Crippen LogP contribution in [0, 0.1) is 0 Å². The molecule has 144 valence electrons. The number of nitrogens with zero attached hydrogens (tertiary/aromatic N) is 2. The number of rotatable bonds is 5. The third kappa shape index (κ3) is 7.62. The van der Waals surface area contributed by atoms with Crippen LogP contribution in [0.2, 0.25) is 0 Å². The van der Waals surface area contributed by atoms with Crippen molar-refractivity contribution in [1.82, 2.24) is 15.6 Å². The molecule has 0 spiro atoms. The first-order chi connectivity index (χ1) is 11.4. The van der Waals surface area contributed by atoms with E-state index in [9.17, 15) is 0 Å². The first-order valence-electron chi connectivity index (χ1n) is 8.96. The molecule has 0 aliphatic heterocycles. The molecule has 2 rings (SSSR count). The second-order valence-electron chi connectivity index (χ2n) is 7.39. The van der Waals surface area contributed by atoms with Gasteiger partial charge in [0.15, 0.2) is 5.96 Å². The number of guanidine groups is 1. The van der Waals surface area contributed by atoms with Gasteiger partial charge in [0, 0.05) is 29.1 Å². The highest BCUT2D eigenvalue weighted by Crippen LogP contribution is 2.28. The predicted molar refractivity (Wildman–Crippen MR) is 124 cm³/mol. The molecule has 25 heavy (non-hydrogen) atoms. The lowest BCUT2D eigenvalue weighted by Crippen LogP contribution is -2.45. The van der Waals surface area contributed by atoms with Gasteiger partial charge in [0.1, 0.15) is 5.01 Å². The lowest BCUT2D eigenvalue weighted by molar-refractivity contribution is 0.419. The van der Waals surface area contributed by atoms with Crippen LogP contribution in [0.25, 0.3) is 0 Å². The number of thioether (sulfide) groups is 1. The maximum absolute atomic E-state index is 4.74. The van der Waals surface area contributed by atoms with Crippen LogP contribution in [0.15, 0.2) is 10.4 Å². The van der Waals surface area contributed by atoms with Gasteiger partial charge in [-0.25, -0.2) is 4.98 Å². The Morgan fingerprint density at radius 2 is 2.16 bits per heavy atom. The van der Waals surface area contributed by atoms with Gasteiger partial charge in [-0.05, 0) is 25.0 Å². The number of hydrogen-bond donors (Lipinski definition) is 2. The summed E-state index contributed by atoms with van der Waals surface area (Å²) >= 11 is 3.82. The minimum Gasteiger partial charge on any atom is -0.354 e. The molecule has 0 saturated heterocycles. The Morgan fingerprint density at radius 3 is 2.76 bits per heavy atom. The van der Waals surface area contributed by atoms with Crippen molar-refractivity contribution >= 4 is 53.0 Å². The minimum absolute atomic E-state index is 0. The number of halogens is 1. The molecule has 0 amide bonds. The molecule has 2 atom stereocenters. The molecule has 0 bridgehead atoms. The molecular formula is C18H33IN4S2. The molecule has 7 heteroatoms. The van der Waals surface area contributed by atoms with Crippen LogP contribution in [0.5, 0.6) is 0 Å². The molecule has 1 fully saturated rings. The van der Waals surface area contributed by atoms with Gasteiger partial charge in [-0.15, -0.1) is 35.3 Å². The highest BCUT2D eigenvalue weighted by Gasteiger charge is 2.22. The van der Waals surface area contributed by atoms with Crippen molar-refractivity contribution in [2.45, 2.75) is 76.6 Å². The highest BCUT2D eigenvalue weighted by atomic mass is 127. The van der Waals surface area contributed by atoms with Crippen LogP contribution in [0.4, 0.5) is 0 Å². The van der Waals surface area contributed by atoms with Gasteiger partial charge in [-0.1, -0.05) is 34.1 Å². The summed E-state index contributed by atoms with van der Waals surface area (Å²) in [7, 11) is 1.85. The van der Waals surface area contributed by atoms with E-state index in [1.54, 1.807) is 11.3 Å². The molecule has 0 radical (unpaired) electrons. The molecule has 4 nitrogen and oxygen atoms in total. The Balaban J connectivity index is 0.00000312. The van der Waals surface area contributed by atoms with Crippen LogP contribution >= 0.6 is 47.1 Å². The minimum atomic E-state index is 0. The third-order valence-electron chi connectivity index (χ3n) is 4.32. The van der Waals surface area contributed by atoms with Crippen molar-refractivity contribution in [2.75, 3.05) is 12.8 Å². The van der Waals surface area contributed by atoms with E-state index < -0.39 is 0 Å². The Bertz CT molecular complexity index is 537. The summed E-state index contributed by atoms with van der Waals surface area (Å²) in [6, 6.07) is 0.537. The van der Waals surface area contributed by atoms with Gasteiger partial charge in [0.25, 0.3) is 0 Å². The monoisotopic (exact) mass is 496 g/mol. The molecule has 2 unspecified atom stereocenters. The topological polar surface area (TPSA) is 49.3 Å². The second kappa shape index (κ2) is 11.0. The highest BCUT2D eigenvalue weighted by molar-refractivity contribution is 14.0. The smallest absolute Gasteiger partial charge is 0.191 e. The molecule has 2 N–H and O–H groups in total. The summed E-state index contributed by atoms with van der Waals surface area (Å²) in [5.74, 6) is 2.11. The van der Waals surface area contributed by atoms with Gasteiger partial charge in [-0.3, -0.25) is 4.99 Å². The van der Waals surface area contributed by atoms with Gasteiger partial charge in [0.05, 0.1) is 12.2 Å². The van der Waals surface area contributed by atoms with E-state index in [1.807, 2.05) is 7.05 Å². The quantitative estimate of drug-likeness (QED) is 0.350. The number of aromatic nitrogens is 1. The Morgan fingerprint density at radius 1 is 1.40 bits per heavy atom. The Labute approximate surface area is 178 Å². The van der Waals surface area contributed by atoms with Crippen molar-refractivity contribution in [2.24, 2.45) is 4.99 Å². The molecule has 1 aliphatic carbocycles. The van der Waals surface area contributed by atoms with E-state index in [1.165, 1.54) is 37.1 Å². The molecule has 1 aromatic rings. The molecular weight excluding hydrogens is 463 g/mol. The summed E-state index contributed by atoms with van der Waals surface area (Å²) in [6.07, 6.45) is 5.16. The lowest BCUT2D eigenvalue weighted by Gasteiger charge is -2.30. The standard InChI is InChI=1S/C18H32N4S2.HI/c1-6-23-14-9-7-8-13(10-14)21-17(19-5)20-11-16-22-15(12-24-16)18(2,3)4;/h12-14H,6-11H2,1-5H3,(H2,19,20,21);1H. The van der Waals surface area contributed by atoms with E-state index in [0.717, 1.165) is 22.8 Å². The fourth-order valence-corrected chi connectivity index (χ4v) is 5.08. The summed E-state index contributed by atoms with van der Waals surface area (Å²) < 4.78 is 0. The Kier molecular flexibility index (Phi) is 10.1. The summed E-state index contributed by atoms with van der Waals surface area (Å²) in [5.41, 5.74) is 1.28. The van der Waals surface area contributed by atoms with E-state index in [2.05, 4.69) is 60.5 Å². The number of hydrogen-bond acceptors (Lipinski definition) is 4. The lowest BCUT2D eigenvalue weighted by atomic mass is 9.93. The average molecular weight is 497 g/mol. The van der Waals surface area contributed by atoms with Gasteiger partial charge in [0.2, 0.25) is 0 Å². The fraction of sp³-hybridized carbons (Fsp3) is 0.778. The van der Waals surface area contributed by atoms with Crippen LogP contribution < -0.4 is 10.6 Å². The summed E-state index contributed by atoms with van der Waals surface area (Å²) in [5, 5.41) is 11.1. The van der Waals surface area contributed by atoms with Crippen molar-refractivity contribution in [1.29, 1.82) is 0 Å². The zero-order valence-electron chi connectivity index (χ0n) is 16.1. The number of aliphatic imine (C=N–C) groups is 1. The van der Waals surface area contributed by atoms with E-state index in [0.29, 0.717) is 6.04 Å². The van der Waals surface area contributed by atoms with Crippen molar-refractivity contribution in [3.8, 4) is 0 Å². The SMILES string of the molecule is CCSC1CCCC(NC(=NC)NCc2nc(C(C)(C)C)cs2)C1.I. The molecule has 1 aromatic heterocycles. The predicted octanol–water partition coefficient (Wildman–Crippen LogP) is 4.79.